The molecule has 2 aromatic carbocycles. The number of carbonyl (C=O) groups is 2. The van der Waals surface area contributed by atoms with Crippen molar-refractivity contribution in [3.8, 4) is 5.75 Å². The van der Waals surface area contributed by atoms with Gasteiger partial charge in [0.1, 0.15) is 25.1 Å². The molecule has 0 aliphatic carbocycles. The Morgan fingerprint density at radius 3 is 2.47 bits per heavy atom. The summed E-state index contributed by atoms with van der Waals surface area (Å²) in [6.07, 6.45) is -0.477. The van der Waals surface area contributed by atoms with E-state index < -0.39 is 12.1 Å². The number of hydrogen-bond donors (Lipinski definition) is 2. The summed E-state index contributed by atoms with van der Waals surface area (Å²) in [5.74, 6) is 0.314. The van der Waals surface area contributed by atoms with Gasteiger partial charge in [-0.15, -0.1) is 0 Å². The molecule has 2 atom stereocenters. The van der Waals surface area contributed by atoms with Gasteiger partial charge in [0.2, 0.25) is 11.8 Å². The smallest absolute Gasteiger partial charge is 0.250 e. The van der Waals surface area contributed by atoms with E-state index in [1.807, 2.05) is 36.4 Å². The minimum absolute atomic E-state index is 0.0253. The van der Waals surface area contributed by atoms with Crippen LogP contribution in [-0.2, 0) is 25.6 Å². The van der Waals surface area contributed by atoms with Crippen molar-refractivity contribution in [2.45, 2.75) is 18.7 Å². The maximum Gasteiger partial charge on any atom is 0.250 e. The molecule has 2 amide bonds. The predicted molar refractivity (Wildman–Crippen MR) is 110 cm³/mol. The number of carbonyl (C=O) groups excluding carboxylic acids is 2. The summed E-state index contributed by atoms with van der Waals surface area (Å²) in [6, 6.07) is 14.1. The topological polar surface area (TPSA) is 97.3 Å². The highest BCUT2D eigenvalue weighted by Crippen LogP contribution is 2.31. The molecule has 1 fully saturated rings. The Kier molecular flexibility index (Phi) is 7.40. The molecule has 8 nitrogen and oxygen atoms in total. The number of aliphatic hydroxyl groups excluding tert-OH is 1. The van der Waals surface area contributed by atoms with Crippen LogP contribution in [0, 0.1) is 0 Å². The Morgan fingerprint density at radius 2 is 1.87 bits per heavy atom. The number of rotatable bonds is 8. The van der Waals surface area contributed by atoms with Gasteiger partial charge < -0.3 is 29.5 Å². The van der Waals surface area contributed by atoms with Gasteiger partial charge in [-0.2, -0.15) is 0 Å². The van der Waals surface area contributed by atoms with Crippen LogP contribution in [0.25, 0.3) is 0 Å². The molecule has 0 aromatic heterocycles. The molecule has 2 unspecified atom stereocenters. The first kappa shape index (κ1) is 21.8. The average molecular weight is 414 g/mol. The Morgan fingerprint density at radius 1 is 1.17 bits per heavy atom. The van der Waals surface area contributed by atoms with Gasteiger partial charge in [0.15, 0.2) is 0 Å². The molecule has 1 aliphatic heterocycles. The lowest BCUT2D eigenvalue weighted by molar-refractivity contribution is -0.162. The van der Waals surface area contributed by atoms with E-state index in [0.29, 0.717) is 12.2 Å². The molecule has 2 N–H and O–H groups in total. The molecule has 0 radical (unpaired) electrons. The monoisotopic (exact) mass is 414 g/mol. The zero-order valence-corrected chi connectivity index (χ0v) is 17.0. The van der Waals surface area contributed by atoms with Gasteiger partial charge in [-0.05, 0) is 35.4 Å². The van der Waals surface area contributed by atoms with Crippen molar-refractivity contribution in [1.82, 2.24) is 4.90 Å². The molecule has 0 bridgehead atoms. The fourth-order valence-corrected chi connectivity index (χ4v) is 3.43. The second-order valence-corrected chi connectivity index (χ2v) is 6.95. The number of nitrogens with zero attached hydrogens (tertiary/aromatic N) is 1. The third-order valence-electron chi connectivity index (χ3n) is 4.95. The standard InChI is InChI=1S/C22H26N2O6/c1-28-13-20(26)23-17-7-5-16(6-8-17)22-19(12-25)24(21(27)14-30-22)11-15-3-9-18(29-2)10-4-15/h3-10,19,22,25H,11-14H2,1-2H3,(H,23,26). The van der Waals surface area contributed by atoms with E-state index in [0.717, 1.165) is 16.9 Å². The molecular formula is C22H26N2O6. The summed E-state index contributed by atoms with van der Waals surface area (Å²) in [7, 11) is 3.05. The maximum atomic E-state index is 12.5. The van der Waals surface area contributed by atoms with Crippen LogP contribution in [0.3, 0.4) is 0 Å². The molecule has 1 aliphatic rings. The van der Waals surface area contributed by atoms with E-state index in [-0.39, 0.29) is 31.6 Å². The number of morpholine rings is 1. The van der Waals surface area contributed by atoms with Crippen molar-refractivity contribution < 1.29 is 28.9 Å². The number of aliphatic hydroxyl groups is 1. The highest BCUT2D eigenvalue weighted by atomic mass is 16.5. The number of methoxy groups -OCH3 is 2. The average Bonchev–Trinajstić information content (AvgIpc) is 2.76. The normalized spacial score (nSPS) is 18.9. The van der Waals surface area contributed by atoms with Crippen LogP contribution in [0.4, 0.5) is 5.69 Å². The zero-order valence-electron chi connectivity index (χ0n) is 17.0. The lowest BCUT2D eigenvalue weighted by Crippen LogP contribution is -2.52. The van der Waals surface area contributed by atoms with Gasteiger partial charge >= 0.3 is 0 Å². The molecule has 30 heavy (non-hydrogen) atoms. The molecule has 1 saturated heterocycles. The van der Waals surface area contributed by atoms with E-state index in [2.05, 4.69) is 5.32 Å². The first-order valence-corrected chi connectivity index (χ1v) is 9.59. The minimum atomic E-state index is -0.526. The minimum Gasteiger partial charge on any atom is -0.497 e. The summed E-state index contributed by atoms with van der Waals surface area (Å²) in [4.78, 5) is 25.8. The molecule has 1 heterocycles. The van der Waals surface area contributed by atoms with Crippen LogP contribution in [0.5, 0.6) is 5.75 Å². The van der Waals surface area contributed by atoms with Gasteiger partial charge in [-0.1, -0.05) is 24.3 Å². The Balaban J connectivity index is 1.74. The molecule has 3 rings (SSSR count). The molecular weight excluding hydrogens is 388 g/mol. The van der Waals surface area contributed by atoms with Crippen LogP contribution < -0.4 is 10.1 Å². The molecule has 8 heteroatoms. The fraction of sp³-hybridized carbons (Fsp3) is 0.364. The van der Waals surface area contributed by atoms with Crippen LogP contribution in [0.15, 0.2) is 48.5 Å². The summed E-state index contributed by atoms with van der Waals surface area (Å²) in [5, 5.41) is 12.8. The highest BCUT2D eigenvalue weighted by Gasteiger charge is 2.37. The summed E-state index contributed by atoms with van der Waals surface area (Å²) >= 11 is 0. The quantitative estimate of drug-likeness (QED) is 0.683. The van der Waals surface area contributed by atoms with Crippen LogP contribution >= 0.6 is 0 Å². The number of amides is 2. The largest absolute Gasteiger partial charge is 0.497 e. The van der Waals surface area contributed by atoms with Crippen molar-refractivity contribution in [2.24, 2.45) is 0 Å². The number of hydrogen-bond acceptors (Lipinski definition) is 6. The van der Waals surface area contributed by atoms with Crippen LogP contribution in [-0.4, -0.2) is 61.9 Å². The second kappa shape index (κ2) is 10.2. The van der Waals surface area contributed by atoms with E-state index in [1.54, 1.807) is 24.1 Å². The van der Waals surface area contributed by atoms with Gasteiger partial charge in [0.05, 0.1) is 19.8 Å². The highest BCUT2D eigenvalue weighted by molar-refractivity contribution is 5.91. The molecule has 0 spiro atoms. The predicted octanol–water partition coefficient (Wildman–Crippen LogP) is 1.74. The van der Waals surface area contributed by atoms with E-state index in [4.69, 9.17) is 14.2 Å². The van der Waals surface area contributed by atoms with E-state index in [1.165, 1.54) is 7.11 Å². The fourth-order valence-electron chi connectivity index (χ4n) is 3.43. The van der Waals surface area contributed by atoms with Crippen molar-refractivity contribution in [3.05, 3.63) is 59.7 Å². The Bertz CT molecular complexity index is 853. The lowest BCUT2D eigenvalue weighted by atomic mass is 9.98. The first-order valence-electron chi connectivity index (χ1n) is 9.59. The summed E-state index contributed by atoms with van der Waals surface area (Å²) < 4.78 is 15.7. The van der Waals surface area contributed by atoms with E-state index >= 15 is 0 Å². The number of ether oxygens (including phenoxy) is 3. The van der Waals surface area contributed by atoms with Gasteiger partial charge in [-0.3, -0.25) is 9.59 Å². The van der Waals surface area contributed by atoms with Gasteiger partial charge in [-0.25, -0.2) is 0 Å². The Hall–Kier alpha value is -2.94. The zero-order chi connectivity index (χ0) is 21.5. The third-order valence-corrected chi connectivity index (χ3v) is 4.95. The lowest BCUT2D eigenvalue weighted by Gasteiger charge is -2.40. The SMILES string of the molecule is COCC(=O)Nc1ccc(C2OCC(=O)N(Cc3ccc(OC)cc3)C2CO)cc1. The number of nitrogens with one attached hydrogen (secondary N) is 1. The van der Waals surface area contributed by atoms with Crippen molar-refractivity contribution in [1.29, 1.82) is 0 Å². The molecule has 160 valence electrons. The van der Waals surface area contributed by atoms with Gasteiger partial charge in [0, 0.05) is 19.3 Å². The Labute approximate surface area is 175 Å². The van der Waals surface area contributed by atoms with Crippen molar-refractivity contribution in [2.75, 3.05) is 39.4 Å². The third kappa shape index (κ3) is 5.15. The van der Waals surface area contributed by atoms with Crippen LogP contribution in [0.2, 0.25) is 0 Å². The van der Waals surface area contributed by atoms with Crippen molar-refractivity contribution in [3.63, 3.8) is 0 Å². The van der Waals surface area contributed by atoms with E-state index in [9.17, 15) is 14.7 Å². The maximum absolute atomic E-state index is 12.5. The number of benzene rings is 2. The number of anilines is 1. The molecule has 2 aromatic rings. The summed E-state index contributed by atoms with van der Waals surface area (Å²) in [5.41, 5.74) is 2.37. The first-order chi connectivity index (χ1) is 14.5. The van der Waals surface area contributed by atoms with Crippen LogP contribution in [0.1, 0.15) is 17.2 Å². The van der Waals surface area contributed by atoms with Crippen molar-refractivity contribution >= 4 is 17.5 Å². The molecule has 0 saturated carbocycles. The second-order valence-electron chi connectivity index (χ2n) is 6.95. The summed E-state index contributed by atoms with van der Waals surface area (Å²) in [6.45, 7) is 0.0319. The van der Waals surface area contributed by atoms with Gasteiger partial charge in [0.25, 0.3) is 0 Å².